The number of rotatable bonds is 3. The Morgan fingerprint density at radius 1 is 1.62 bits per heavy atom. The summed E-state index contributed by atoms with van der Waals surface area (Å²) in [5, 5.41) is 6.25. The zero-order chi connectivity index (χ0) is 9.10. The number of nitrogens with one attached hydrogen (secondary N) is 2. The summed E-state index contributed by atoms with van der Waals surface area (Å²) in [5.74, 6) is 0.192. The van der Waals surface area contributed by atoms with Crippen LogP contribution in [0.2, 0.25) is 0 Å². The van der Waals surface area contributed by atoms with E-state index in [0.717, 1.165) is 19.5 Å². The van der Waals surface area contributed by atoms with Crippen LogP contribution >= 0.6 is 0 Å². The Labute approximate surface area is 78.6 Å². The maximum atomic E-state index is 11.4. The van der Waals surface area contributed by atoms with Crippen LogP contribution in [-0.4, -0.2) is 25.0 Å². The third-order valence-electron chi connectivity index (χ3n) is 2.44. The first kappa shape index (κ1) is 8.75. The van der Waals surface area contributed by atoms with Crippen molar-refractivity contribution in [2.24, 2.45) is 0 Å². The lowest BCUT2D eigenvalue weighted by atomic mass is 10.1. The molecule has 72 valence electrons. The molecule has 2 N–H and O–H groups in total. The predicted octanol–water partition coefficient (Wildman–Crippen LogP) is 0.575. The molecule has 13 heavy (non-hydrogen) atoms. The van der Waals surface area contributed by atoms with Gasteiger partial charge in [-0.3, -0.25) is 4.79 Å². The summed E-state index contributed by atoms with van der Waals surface area (Å²) in [6, 6.07) is 0.490. The molecule has 1 saturated carbocycles. The topological polar surface area (TPSA) is 41.1 Å². The Hall–Kier alpha value is -0.830. The molecule has 2 aliphatic rings. The highest BCUT2D eigenvalue weighted by Crippen LogP contribution is 2.19. The fourth-order valence-electron chi connectivity index (χ4n) is 1.55. The molecule has 0 aromatic carbocycles. The van der Waals surface area contributed by atoms with Crippen molar-refractivity contribution in [2.75, 3.05) is 13.1 Å². The molecule has 0 atom stereocenters. The van der Waals surface area contributed by atoms with Crippen molar-refractivity contribution < 1.29 is 4.79 Å². The second-order valence-corrected chi connectivity index (χ2v) is 3.85. The van der Waals surface area contributed by atoms with Gasteiger partial charge in [-0.05, 0) is 25.8 Å². The minimum absolute atomic E-state index is 0.192. The summed E-state index contributed by atoms with van der Waals surface area (Å²) in [7, 11) is 0. The van der Waals surface area contributed by atoms with Gasteiger partial charge >= 0.3 is 0 Å². The number of amides is 1. The van der Waals surface area contributed by atoms with Gasteiger partial charge < -0.3 is 10.6 Å². The molecule has 0 bridgehead atoms. The molecule has 3 nitrogen and oxygen atoms in total. The van der Waals surface area contributed by atoms with Gasteiger partial charge in [-0.1, -0.05) is 11.6 Å². The summed E-state index contributed by atoms with van der Waals surface area (Å²) in [6.45, 7) is 1.94. The molecule has 3 heteroatoms. The predicted molar refractivity (Wildman–Crippen MR) is 51.4 cm³/mol. The molecular formula is C10H16N2O. The molecule has 0 saturated heterocycles. The van der Waals surface area contributed by atoms with Crippen LogP contribution in [0.25, 0.3) is 0 Å². The number of carbonyl (C=O) groups excluding carboxylic acids is 1. The van der Waals surface area contributed by atoms with Crippen molar-refractivity contribution in [3.63, 3.8) is 0 Å². The maximum Gasteiger partial charge on any atom is 0.224 e. The Morgan fingerprint density at radius 3 is 3.08 bits per heavy atom. The number of hydrogen-bond donors (Lipinski definition) is 2. The summed E-state index contributed by atoms with van der Waals surface area (Å²) in [5.41, 5.74) is 1.24. The van der Waals surface area contributed by atoms with Gasteiger partial charge in [0.2, 0.25) is 5.91 Å². The first-order valence-corrected chi connectivity index (χ1v) is 5.02. The second kappa shape index (κ2) is 3.92. The zero-order valence-electron chi connectivity index (χ0n) is 7.81. The third kappa shape index (κ3) is 2.84. The minimum Gasteiger partial charge on any atom is -0.353 e. The molecule has 2 rings (SSSR count). The molecule has 1 aliphatic carbocycles. The van der Waals surface area contributed by atoms with Crippen LogP contribution in [0.3, 0.4) is 0 Å². The van der Waals surface area contributed by atoms with Crippen LogP contribution in [0.15, 0.2) is 11.6 Å². The summed E-state index contributed by atoms with van der Waals surface area (Å²) < 4.78 is 0. The molecule has 1 aliphatic heterocycles. The van der Waals surface area contributed by atoms with Gasteiger partial charge in [-0.15, -0.1) is 0 Å². The zero-order valence-corrected chi connectivity index (χ0v) is 7.81. The van der Waals surface area contributed by atoms with E-state index in [0.29, 0.717) is 12.5 Å². The molecule has 0 aromatic heterocycles. The van der Waals surface area contributed by atoms with Crippen molar-refractivity contribution in [3.8, 4) is 0 Å². The average molecular weight is 180 g/mol. The van der Waals surface area contributed by atoms with Gasteiger partial charge in [-0.25, -0.2) is 0 Å². The second-order valence-electron chi connectivity index (χ2n) is 3.85. The van der Waals surface area contributed by atoms with E-state index in [4.69, 9.17) is 0 Å². The Balaban J connectivity index is 1.75. The van der Waals surface area contributed by atoms with E-state index in [1.54, 1.807) is 0 Å². The van der Waals surface area contributed by atoms with E-state index in [1.807, 2.05) is 0 Å². The fraction of sp³-hybridized carbons (Fsp3) is 0.700. The SMILES string of the molecule is O=C(CC1=CCCNC1)NC1CC1. The normalized spacial score (nSPS) is 22.3. The number of hydrogen-bond acceptors (Lipinski definition) is 2. The Kier molecular flexibility index (Phi) is 2.64. The molecule has 1 heterocycles. The monoisotopic (exact) mass is 180 g/mol. The average Bonchev–Trinajstić information content (AvgIpc) is 2.90. The molecule has 0 spiro atoms. The van der Waals surface area contributed by atoms with Crippen molar-refractivity contribution in [1.82, 2.24) is 10.6 Å². The first-order chi connectivity index (χ1) is 6.34. The highest BCUT2D eigenvalue weighted by molar-refractivity contribution is 5.79. The molecular weight excluding hydrogens is 164 g/mol. The standard InChI is InChI=1S/C10H16N2O/c13-10(12-9-3-4-9)6-8-2-1-5-11-7-8/h2,9,11H,1,3-7H2,(H,12,13). The van der Waals surface area contributed by atoms with Crippen LogP contribution in [0.4, 0.5) is 0 Å². The lowest BCUT2D eigenvalue weighted by molar-refractivity contribution is -0.120. The van der Waals surface area contributed by atoms with E-state index in [-0.39, 0.29) is 5.91 Å². The lowest BCUT2D eigenvalue weighted by Crippen LogP contribution is -2.29. The maximum absolute atomic E-state index is 11.4. The van der Waals surface area contributed by atoms with Crippen LogP contribution in [0, 0.1) is 0 Å². The quantitative estimate of drug-likeness (QED) is 0.624. The van der Waals surface area contributed by atoms with Crippen LogP contribution in [0.1, 0.15) is 25.7 Å². The van der Waals surface area contributed by atoms with Gasteiger partial charge in [0.05, 0.1) is 0 Å². The first-order valence-electron chi connectivity index (χ1n) is 5.02. The highest BCUT2D eigenvalue weighted by Gasteiger charge is 2.23. The van der Waals surface area contributed by atoms with Gasteiger partial charge in [0.1, 0.15) is 0 Å². The van der Waals surface area contributed by atoms with Gasteiger partial charge in [0.15, 0.2) is 0 Å². The van der Waals surface area contributed by atoms with Crippen LogP contribution < -0.4 is 10.6 Å². The summed E-state index contributed by atoms with van der Waals surface area (Å²) in [4.78, 5) is 11.4. The fourth-order valence-corrected chi connectivity index (χ4v) is 1.55. The van der Waals surface area contributed by atoms with E-state index >= 15 is 0 Å². The molecule has 1 fully saturated rings. The van der Waals surface area contributed by atoms with Gasteiger partial charge in [-0.2, -0.15) is 0 Å². The molecule has 0 unspecified atom stereocenters. The van der Waals surface area contributed by atoms with Crippen molar-refractivity contribution >= 4 is 5.91 Å². The Bertz CT molecular complexity index is 231. The smallest absolute Gasteiger partial charge is 0.224 e. The van der Waals surface area contributed by atoms with Crippen LogP contribution in [-0.2, 0) is 4.79 Å². The molecule has 0 radical (unpaired) electrons. The van der Waals surface area contributed by atoms with Gasteiger partial charge in [0.25, 0.3) is 0 Å². The summed E-state index contributed by atoms with van der Waals surface area (Å²) in [6.07, 6.45) is 6.17. The highest BCUT2D eigenvalue weighted by atomic mass is 16.1. The largest absolute Gasteiger partial charge is 0.353 e. The van der Waals surface area contributed by atoms with Crippen molar-refractivity contribution in [2.45, 2.75) is 31.7 Å². The molecule has 0 aromatic rings. The lowest BCUT2D eigenvalue weighted by Gasteiger charge is -2.13. The van der Waals surface area contributed by atoms with Gasteiger partial charge in [0, 0.05) is 19.0 Å². The summed E-state index contributed by atoms with van der Waals surface area (Å²) >= 11 is 0. The minimum atomic E-state index is 0.192. The van der Waals surface area contributed by atoms with E-state index in [9.17, 15) is 4.79 Å². The van der Waals surface area contributed by atoms with E-state index in [1.165, 1.54) is 18.4 Å². The number of carbonyl (C=O) groups is 1. The molecule has 1 amide bonds. The van der Waals surface area contributed by atoms with E-state index < -0.39 is 0 Å². The Morgan fingerprint density at radius 2 is 2.46 bits per heavy atom. The third-order valence-corrected chi connectivity index (χ3v) is 2.44. The van der Waals surface area contributed by atoms with E-state index in [2.05, 4.69) is 16.7 Å². The van der Waals surface area contributed by atoms with Crippen molar-refractivity contribution in [1.29, 1.82) is 0 Å². The van der Waals surface area contributed by atoms with Crippen LogP contribution in [0.5, 0.6) is 0 Å². The van der Waals surface area contributed by atoms with Crippen molar-refractivity contribution in [3.05, 3.63) is 11.6 Å².